The number of likely N-dealkylation sites (N-methyl/N-ethyl adjacent to an activating group) is 1. The Morgan fingerprint density at radius 3 is 2.67 bits per heavy atom. The van der Waals surface area contributed by atoms with Crippen molar-refractivity contribution in [3.8, 4) is 0 Å². The van der Waals surface area contributed by atoms with E-state index in [9.17, 15) is 4.79 Å². The van der Waals surface area contributed by atoms with E-state index in [-0.39, 0.29) is 5.91 Å². The maximum absolute atomic E-state index is 11.7. The summed E-state index contributed by atoms with van der Waals surface area (Å²) >= 11 is 1.55. The van der Waals surface area contributed by atoms with Crippen molar-refractivity contribution >= 4 is 17.2 Å². The van der Waals surface area contributed by atoms with Crippen molar-refractivity contribution in [3.05, 3.63) is 21.4 Å². The van der Waals surface area contributed by atoms with Gasteiger partial charge in [-0.25, -0.2) is 0 Å². The third kappa shape index (κ3) is 3.32. The van der Waals surface area contributed by atoms with Gasteiger partial charge in [0.25, 0.3) is 5.91 Å². The van der Waals surface area contributed by atoms with E-state index in [4.69, 9.17) is 0 Å². The van der Waals surface area contributed by atoms with Gasteiger partial charge in [0.05, 0.1) is 4.88 Å². The number of aryl methyl sites for hydroxylation is 2. The van der Waals surface area contributed by atoms with Gasteiger partial charge in [-0.15, -0.1) is 11.3 Å². The second-order valence-corrected chi connectivity index (χ2v) is 5.01. The second-order valence-electron chi connectivity index (χ2n) is 3.75. The Kier molecular flexibility index (Phi) is 4.29. The van der Waals surface area contributed by atoms with Crippen LogP contribution in [0.4, 0.5) is 0 Å². The molecule has 1 rings (SSSR count). The smallest absolute Gasteiger partial charge is 0.261 e. The number of thiophene rings is 1. The first-order valence-electron chi connectivity index (χ1n) is 5.07. The molecule has 1 unspecified atom stereocenters. The predicted octanol–water partition coefficient (Wildman–Crippen LogP) is 1.70. The molecular weight excluding hydrogens is 208 g/mol. The minimum Gasteiger partial charge on any atom is -0.350 e. The summed E-state index contributed by atoms with van der Waals surface area (Å²) in [5, 5.41) is 5.98. The van der Waals surface area contributed by atoms with Crippen LogP contribution in [0, 0.1) is 13.8 Å². The van der Waals surface area contributed by atoms with Crippen LogP contribution in [0.1, 0.15) is 27.0 Å². The summed E-state index contributed by atoms with van der Waals surface area (Å²) in [6.07, 6.45) is 0. The summed E-state index contributed by atoms with van der Waals surface area (Å²) < 4.78 is 0. The lowest BCUT2D eigenvalue weighted by Crippen LogP contribution is -2.36. The zero-order valence-electron chi connectivity index (χ0n) is 9.68. The molecule has 0 aliphatic heterocycles. The van der Waals surface area contributed by atoms with Crippen LogP contribution in [0.5, 0.6) is 0 Å². The molecule has 0 saturated heterocycles. The Labute approximate surface area is 94.9 Å². The largest absolute Gasteiger partial charge is 0.350 e. The first-order chi connectivity index (χ1) is 7.04. The maximum atomic E-state index is 11.7. The highest BCUT2D eigenvalue weighted by Gasteiger charge is 2.10. The zero-order chi connectivity index (χ0) is 11.4. The van der Waals surface area contributed by atoms with E-state index < -0.39 is 0 Å². The molecule has 0 aromatic carbocycles. The molecule has 0 aliphatic carbocycles. The lowest BCUT2D eigenvalue weighted by atomic mass is 10.3. The molecule has 0 bridgehead atoms. The van der Waals surface area contributed by atoms with Crippen LogP contribution in [-0.4, -0.2) is 25.5 Å². The van der Waals surface area contributed by atoms with Gasteiger partial charge in [-0.3, -0.25) is 4.79 Å². The third-order valence-corrected chi connectivity index (χ3v) is 3.60. The van der Waals surface area contributed by atoms with Gasteiger partial charge < -0.3 is 10.6 Å². The first-order valence-corrected chi connectivity index (χ1v) is 5.88. The van der Waals surface area contributed by atoms with Crippen molar-refractivity contribution in [3.63, 3.8) is 0 Å². The molecule has 3 nitrogen and oxygen atoms in total. The van der Waals surface area contributed by atoms with Crippen molar-refractivity contribution in [1.82, 2.24) is 10.6 Å². The van der Waals surface area contributed by atoms with Crippen molar-refractivity contribution in [2.24, 2.45) is 0 Å². The molecule has 1 atom stereocenters. The number of rotatable bonds is 4. The van der Waals surface area contributed by atoms with Crippen LogP contribution in [-0.2, 0) is 0 Å². The summed E-state index contributed by atoms with van der Waals surface area (Å²) in [7, 11) is 1.89. The Morgan fingerprint density at radius 2 is 2.20 bits per heavy atom. The molecule has 1 amide bonds. The van der Waals surface area contributed by atoms with Gasteiger partial charge in [0, 0.05) is 17.5 Å². The average Bonchev–Trinajstić information content (AvgIpc) is 2.55. The van der Waals surface area contributed by atoms with Crippen molar-refractivity contribution in [2.75, 3.05) is 13.6 Å². The Hall–Kier alpha value is -0.870. The van der Waals surface area contributed by atoms with E-state index in [1.807, 2.05) is 33.9 Å². The lowest BCUT2D eigenvalue weighted by molar-refractivity contribution is 0.0954. The highest BCUT2D eigenvalue weighted by molar-refractivity contribution is 7.14. The Morgan fingerprint density at radius 1 is 1.53 bits per heavy atom. The summed E-state index contributed by atoms with van der Waals surface area (Å²) in [5.41, 5.74) is 1.19. The van der Waals surface area contributed by atoms with Gasteiger partial charge in [-0.1, -0.05) is 0 Å². The minimum absolute atomic E-state index is 0.0262. The highest BCUT2D eigenvalue weighted by atomic mass is 32.1. The number of amides is 1. The van der Waals surface area contributed by atoms with Crippen molar-refractivity contribution < 1.29 is 4.79 Å². The van der Waals surface area contributed by atoms with Crippen molar-refractivity contribution in [1.29, 1.82) is 0 Å². The fourth-order valence-corrected chi connectivity index (χ4v) is 2.07. The fourth-order valence-electron chi connectivity index (χ4n) is 1.12. The van der Waals surface area contributed by atoms with Crippen LogP contribution in [0.15, 0.2) is 6.07 Å². The molecule has 1 aromatic rings. The monoisotopic (exact) mass is 226 g/mol. The summed E-state index contributed by atoms with van der Waals surface area (Å²) in [5.74, 6) is 0.0262. The van der Waals surface area contributed by atoms with Crippen LogP contribution in [0.3, 0.4) is 0 Å². The van der Waals surface area contributed by atoms with E-state index >= 15 is 0 Å². The third-order valence-electron chi connectivity index (χ3n) is 2.45. The van der Waals surface area contributed by atoms with Crippen LogP contribution in [0.25, 0.3) is 0 Å². The summed E-state index contributed by atoms with van der Waals surface area (Å²) in [4.78, 5) is 13.7. The second kappa shape index (κ2) is 5.28. The predicted molar refractivity (Wildman–Crippen MR) is 64.6 cm³/mol. The van der Waals surface area contributed by atoms with E-state index in [0.29, 0.717) is 12.6 Å². The molecule has 0 fully saturated rings. The fraction of sp³-hybridized carbons (Fsp3) is 0.545. The number of hydrogen-bond donors (Lipinski definition) is 2. The highest BCUT2D eigenvalue weighted by Crippen LogP contribution is 2.20. The number of carbonyl (C=O) groups excluding carboxylic acids is 1. The quantitative estimate of drug-likeness (QED) is 0.820. The SMILES string of the molecule is CNC(C)CNC(=O)c1cc(C)c(C)s1. The minimum atomic E-state index is 0.0262. The summed E-state index contributed by atoms with van der Waals surface area (Å²) in [6, 6.07) is 2.25. The Balaban J connectivity index is 2.54. The van der Waals surface area contributed by atoms with Gasteiger partial charge in [-0.05, 0) is 39.4 Å². The number of nitrogens with one attached hydrogen (secondary N) is 2. The Bertz CT molecular complexity index is 327. The van der Waals surface area contributed by atoms with E-state index in [0.717, 1.165) is 4.88 Å². The molecule has 4 heteroatoms. The molecule has 1 aromatic heterocycles. The molecule has 0 aliphatic rings. The summed E-state index contributed by atoms with van der Waals surface area (Å²) in [6.45, 7) is 6.75. The van der Waals surface area contributed by atoms with Crippen LogP contribution >= 0.6 is 11.3 Å². The first kappa shape index (κ1) is 12.2. The van der Waals surface area contributed by atoms with Gasteiger partial charge in [0.1, 0.15) is 0 Å². The molecule has 0 radical (unpaired) electrons. The van der Waals surface area contributed by atoms with Gasteiger partial charge >= 0.3 is 0 Å². The lowest BCUT2D eigenvalue weighted by Gasteiger charge is -2.10. The van der Waals surface area contributed by atoms with Crippen LogP contribution < -0.4 is 10.6 Å². The van der Waals surface area contributed by atoms with Gasteiger partial charge in [0.2, 0.25) is 0 Å². The van der Waals surface area contributed by atoms with E-state index in [2.05, 4.69) is 10.6 Å². The maximum Gasteiger partial charge on any atom is 0.261 e. The zero-order valence-corrected chi connectivity index (χ0v) is 10.5. The van der Waals surface area contributed by atoms with E-state index in [1.165, 1.54) is 10.4 Å². The number of carbonyl (C=O) groups is 1. The molecule has 0 spiro atoms. The van der Waals surface area contributed by atoms with Gasteiger partial charge in [0.15, 0.2) is 0 Å². The molecule has 2 N–H and O–H groups in total. The molecule has 1 heterocycles. The molecule has 84 valence electrons. The van der Waals surface area contributed by atoms with Gasteiger partial charge in [-0.2, -0.15) is 0 Å². The standard InChI is InChI=1S/C11H18N2OS/c1-7-5-10(15-9(7)3)11(14)13-6-8(2)12-4/h5,8,12H,6H2,1-4H3,(H,13,14). The molecule has 0 saturated carbocycles. The molecule has 15 heavy (non-hydrogen) atoms. The van der Waals surface area contributed by atoms with E-state index in [1.54, 1.807) is 11.3 Å². The molecular formula is C11H18N2OS. The van der Waals surface area contributed by atoms with Crippen molar-refractivity contribution in [2.45, 2.75) is 26.8 Å². The normalized spacial score (nSPS) is 12.5. The number of hydrogen-bond acceptors (Lipinski definition) is 3. The average molecular weight is 226 g/mol. The topological polar surface area (TPSA) is 41.1 Å². The van der Waals surface area contributed by atoms with Crippen LogP contribution in [0.2, 0.25) is 0 Å².